The lowest BCUT2D eigenvalue weighted by molar-refractivity contribution is -0.141. The molecule has 1 atom stereocenters. The lowest BCUT2D eigenvalue weighted by Gasteiger charge is -2.23. The fourth-order valence-electron chi connectivity index (χ4n) is 5.24. The molecule has 1 fully saturated rings. The van der Waals surface area contributed by atoms with Gasteiger partial charge in [0, 0.05) is 18.3 Å². The summed E-state index contributed by atoms with van der Waals surface area (Å²) in [7, 11) is 0. The predicted octanol–water partition coefficient (Wildman–Crippen LogP) is 7.87. The van der Waals surface area contributed by atoms with E-state index in [2.05, 4.69) is 46.2 Å². The van der Waals surface area contributed by atoms with Crippen LogP contribution in [0.4, 0.5) is 23.7 Å². The first-order valence-electron chi connectivity index (χ1n) is 15.6. The van der Waals surface area contributed by atoms with Crippen LogP contribution in [0.5, 0.6) is 0 Å². The first-order chi connectivity index (χ1) is 22.2. The number of alkyl halides is 3. The molecule has 1 aromatic heterocycles. The molecule has 2 amide bonds. The van der Waals surface area contributed by atoms with Gasteiger partial charge in [0.15, 0.2) is 5.69 Å². The highest BCUT2D eigenvalue weighted by atomic mass is 19.4. The molecule has 248 valence electrons. The first-order valence-corrected chi connectivity index (χ1v) is 15.6. The summed E-state index contributed by atoms with van der Waals surface area (Å²) >= 11 is 0. The summed E-state index contributed by atoms with van der Waals surface area (Å²) < 4.78 is 47.7. The Hall–Kier alpha value is -4.64. The van der Waals surface area contributed by atoms with Gasteiger partial charge in [-0.2, -0.15) is 18.3 Å². The molecule has 11 heteroatoms. The molecule has 4 aromatic rings. The number of aromatic nitrogens is 2. The third-order valence-electron chi connectivity index (χ3n) is 7.75. The van der Waals surface area contributed by atoms with Crippen molar-refractivity contribution >= 4 is 17.7 Å². The number of carbonyl (C=O) groups is 2. The van der Waals surface area contributed by atoms with E-state index in [1.165, 1.54) is 12.8 Å². The number of nitrogens with zero attached hydrogens (tertiary/aromatic N) is 2. The van der Waals surface area contributed by atoms with Crippen molar-refractivity contribution in [2.24, 2.45) is 5.92 Å². The molecule has 8 nitrogen and oxygen atoms in total. The number of halogens is 3. The topological polar surface area (TPSA) is 97.3 Å². The Labute approximate surface area is 272 Å². The molecule has 3 N–H and O–H groups in total. The third kappa shape index (κ3) is 9.00. The van der Waals surface area contributed by atoms with Gasteiger partial charge in [-0.15, -0.1) is 0 Å². The molecule has 0 bridgehead atoms. The van der Waals surface area contributed by atoms with E-state index in [4.69, 9.17) is 4.74 Å². The van der Waals surface area contributed by atoms with Crippen LogP contribution in [0, 0.1) is 19.8 Å². The highest BCUT2D eigenvalue weighted by molar-refractivity contribution is 6.03. The second-order valence-corrected chi connectivity index (χ2v) is 13.1. The Kier molecular flexibility index (Phi) is 9.76. The zero-order chi connectivity index (χ0) is 33.9. The molecular formula is C36H40F3N5O3. The number of ether oxygens (including phenoxy) is 1. The molecule has 0 spiro atoms. The van der Waals surface area contributed by atoms with Gasteiger partial charge in [0.05, 0.1) is 11.7 Å². The van der Waals surface area contributed by atoms with Crippen molar-refractivity contribution in [3.8, 4) is 5.69 Å². The fourth-order valence-corrected chi connectivity index (χ4v) is 5.24. The highest BCUT2D eigenvalue weighted by Gasteiger charge is 2.36. The number of nitrogens with one attached hydrogen (secondary N) is 3. The molecule has 1 unspecified atom stereocenters. The van der Waals surface area contributed by atoms with Crippen LogP contribution in [0.25, 0.3) is 5.69 Å². The Balaban J connectivity index is 1.41. The third-order valence-corrected chi connectivity index (χ3v) is 7.75. The molecular weight excluding hydrogens is 607 g/mol. The van der Waals surface area contributed by atoms with Gasteiger partial charge in [0.2, 0.25) is 0 Å². The van der Waals surface area contributed by atoms with Gasteiger partial charge in [-0.25, -0.2) is 9.48 Å². The predicted molar refractivity (Wildman–Crippen MR) is 175 cm³/mol. The normalized spacial score (nSPS) is 14.0. The summed E-state index contributed by atoms with van der Waals surface area (Å²) in [6.07, 6.45) is -3.02. The van der Waals surface area contributed by atoms with E-state index in [0.717, 1.165) is 39.5 Å². The minimum atomic E-state index is -4.78. The zero-order valence-electron chi connectivity index (χ0n) is 27.2. The number of benzene rings is 3. The lowest BCUT2D eigenvalue weighted by atomic mass is 9.93. The molecule has 1 aliphatic rings. The molecule has 1 heterocycles. The SMILES string of the molecule is Cc1ccc(C)c(C(NCC2CC2)c2cccc(NC(=O)c3cc(C(F)(F)F)nn3-c3cccc(CNC(=O)OC(C)(C)C)c3)c2)c1. The second kappa shape index (κ2) is 13.6. The van der Waals surface area contributed by atoms with Crippen molar-refractivity contribution in [2.75, 3.05) is 11.9 Å². The molecule has 0 radical (unpaired) electrons. The van der Waals surface area contributed by atoms with Crippen molar-refractivity contribution in [2.45, 2.75) is 71.8 Å². The minimum absolute atomic E-state index is 0.0564. The number of amides is 2. The Bertz CT molecular complexity index is 1760. The Morgan fingerprint density at radius 1 is 0.979 bits per heavy atom. The van der Waals surface area contributed by atoms with E-state index in [-0.39, 0.29) is 24.0 Å². The molecule has 1 saturated carbocycles. The molecule has 5 rings (SSSR count). The summed E-state index contributed by atoms with van der Waals surface area (Å²) in [4.78, 5) is 25.8. The van der Waals surface area contributed by atoms with Crippen molar-refractivity contribution in [1.29, 1.82) is 0 Å². The highest BCUT2D eigenvalue weighted by Crippen LogP contribution is 2.33. The van der Waals surface area contributed by atoms with Crippen LogP contribution >= 0.6 is 0 Å². The summed E-state index contributed by atoms with van der Waals surface area (Å²) in [5.41, 5.74) is 3.37. The largest absolute Gasteiger partial charge is 0.444 e. The van der Waals surface area contributed by atoms with E-state index in [1.807, 2.05) is 25.1 Å². The van der Waals surface area contributed by atoms with Crippen LogP contribution in [0.2, 0.25) is 0 Å². The number of anilines is 1. The molecule has 3 aromatic carbocycles. The van der Waals surface area contributed by atoms with Crippen molar-refractivity contribution < 1.29 is 27.5 Å². The van der Waals surface area contributed by atoms with Crippen molar-refractivity contribution in [3.05, 3.63) is 112 Å². The van der Waals surface area contributed by atoms with Gasteiger partial charge in [-0.1, -0.05) is 48.0 Å². The molecule has 1 aliphatic carbocycles. The van der Waals surface area contributed by atoms with E-state index in [0.29, 0.717) is 17.2 Å². The number of hydrogen-bond acceptors (Lipinski definition) is 5. The number of rotatable bonds is 10. The Morgan fingerprint density at radius 3 is 2.43 bits per heavy atom. The van der Waals surface area contributed by atoms with Crippen LogP contribution in [0.3, 0.4) is 0 Å². The van der Waals surface area contributed by atoms with Gasteiger partial charge in [-0.05, 0) is 106 Å². The van der Waals surface area contributed by atoms with Gasteiger partial charge >= 0.3 is 12.3 Å². The average Bonchev–Trinajstić information content (AvgIpc) is 3.70. The number of alkyl carbamates (subject to hydrolysis) is 1. The minimum Gasteiger partial charge on any atom is -0.444 e. The van der Waals surface area contributed by atoms with E-state index in [1.54, 1.807) is 51.1 Å². The maximum absolute atomic E-state index is 13.8. The van der Waals surface area contributed by atoms with Gasteiger partial charge < -0.3 is 20.7 Å². The monoisotopic (exact) mass is 647 g/mol. The van der Waals surface area contributed by atoms with Gasteiger partial charge in [0.1, 0.15) is 11.3 Å². The second-order valence-electron chi connectivity index (χ2n) is 13.1. The lowest BCUT2D eigenvalue weighted by Crippen LogP contribution is -2.32. The maximum Gasteiger partial charge on any atom is 0.435 e. The van der Waals surface area contributed by atoms with Crippen molar-refractivity contribution in [3.63, 3.8) is 0 Å². The van der Waals surface area contributed by atoms with Crippen LogP contribution < -0.4 is 16.0 Å². The van der Waals surface area contributed by atoms with E-state index in [9.17, 15) is 22.8 Å². The first kappa shape index (κ1) is 33.7. The van der Waals surface area contributed by atoms with Crippen molar-refractivity contribution in [1.82, 2.24) is 20.4 Å². The maximum atomic E-state index is 13.8. The van der Waals surface area contributed by atoms with E-state index < -0.39 is 29.5 Å². The van der Waals surface area contributed by atoms with Crippen LogP contribution in [0.1, 0.15) is 83.7 Å². The fraction of sp³-hybridized carbons (Fsp3) is 0.361. The number of carbonyl (C=O) groups excluding carboxylic acids is 2. The van der Waals surface area contributed by atoms with Crippen LogP contribution in [-0.4, -0.2) is 33.9 Å². The summed E-state index contributed by atoms with van der Waals surface area (Å²) in [5, 5.41) is 12.9. The molecule has 47 heavy (non-hydrogen) atoms. The quantitative estimate of drug-likeness (QED) is 0.163. The number of hydrogen-bond donors (Lipinski definition) is 3. The average molecular weight is 648 g/mol. The Morgan fingerprint density at radius 2 is 1.72 bits per heavy atom. The summed E-state index contributed by atoms with van der Waals surface area (Å²) in [6, 6.07) is 20.7. The zero-order valence-corrected chi connectivity index (χ0v) is 27.2. The van der Waals surface area contributed by atoms with E-state index >= 15 is 0 Å². The van der Waals surface area contributed by atoms with Gasteiger partial charge in [-0.3, -0.25) is 4.79 Å². The summed E-state index contributed by atoms with van der Waals surface area (Å²) in [6.45, 7) is 10.2. The van der Waals surface area contributed by atoms with Crippen LogP contribution in [0.15, 0.2) is 72.8 Å². The summed E-state index contributed by atoms with van der Waals surface area (Å²) in [5.74, 6) is -0.114. The number of aryl methyl sites for hydroxylation is 2. The van der Waals surface area contributed by atoms with Gasteiger partial charge in [0.25, 0.3) is 5.91 Å². The standard InChI is InChI=1S/C36H40F3N5O3/c1-22-12-13-23(2)29(16-22)32(40-20-24-14-15-24)26-9-7-10-27(18-26)42-33(45)30-19-31(36(37,38)39)43-44(30)28-11-6-8-25(17-28)21-41-34(46)47-35(3,4)5/h6-13,16-19,24,32,40H,14-15,20-21H2,1-5H3,(H,41,46)(H,42,45). The molecule has 0 saturated heterocycles. The smallest absolute Gasteiger partial charge is 0.435 e. The van der Waals surface area contributed by atoms with Crippen LogP contribution in [-0.2, 0) is 17.5 Å². The molecule has 0 aliphatic heterocycles.